The third-order valence-electron chi connectivity index (χ3n) is 5.28. The van der Waals surface area contributed by atoms with Gasteiger partial charge in [-0.25, -0.2) is 0 Å². The minimum absolute atomic E-state index is 0.137. The van der Waals surface area contributed by atoms with Crippen LogP contribution in [0.25, 0.3) is 11.3 Å². The van der Waals surface area contributed by atoms with Crippen LogP contribution in [-0.2, 0) is 0 Å². The van der Waals surface area contributed by atoms with E-state index in [1.54, 1.807) is 0 Å². The van der Waals surface area contributed by atoms with Gasteiger partial charge in [-0.3, -0.25) is 4.79 Å². The molecule has 1 atom stereocenters. The largest absolute Gasteiger partial charge is 0.351 e. The van der Waals surface area contributed by atoms with Gasteiger partial charge in [0.15, 0.2) is 0 Å². The fourth-order valence-electron chi connectivity index (χ4n) is 4.00. The van der Waals surface area contributed by atoms with Crippen LogP contribution in [0.1, 0.15) is 29.8 Å². The summed E-state index contributed by atoms with van der Waals surface area (Å²) in [6.07, 6.45) is 3.54. The topological polar surface area (TPSA) is 48.1 Å². The Hall–Kier alpha value is -2.07. The van der Waals surface area contributed by atoms with E-state index in [1.807, 2.05) is 35.2 Å². The molecule has 0 radical (unpaired) electrons. The lowest BCUT2D eigenvalue weighted by Crippen LogP contribution is -2.47. The summed E-state index contributed by atoms with van der Waals surface area (Å²) in [6, 6.07) is 14.1. The summed E-state index contributed by atoms with van der Waals surface area (Å²) in [5.74, 6) is 0.137. The monoisotopic (exact) mass is 309 g/mol. The van der Waals surface area contributed by atoms with Gasteiger partial charge >= 0.3 is 0 Å². The van der Waals surface area contributed by atoms with Crippen molar-refractivity contribution in [3.63, 3.8) is 0 Å². The van der Waals surface area contributed by atoms with Gasteiger partial charge in [-0.1, -0.05) is 30.3 Å². The number of likely N-dealkylation sites (tertiary alicyclic amines) is 1. The minimum Gasteiger partial charge on any atom is -0.351 e. The predicted molar refractivity (Wildman–Crippen MR) is 91.3 cm³/mol. The summed E-state index contributed by atoms with van der Waals surface area (Å²) < 4.78 is 0. The van der Waals surface area contributed by atoms with Gasteiger partial charge in [-0.15, -0.1) is 0 Å². The fourth-order valence-corrected chi connectivity index (χ4v) is 4.00. The Balaban J connectivity index is 1.52. The maximum Gasteiger partial charge on any atom is 0.270 e. The molecule has 2 saturated heterocycles. The van der Waals surface area contributed by atoms with E-state index in [2.05, 4.69) is 22.4 Å². The number of nitrogens with one attached hydrogen (secondary N) is 2. The Morgan fingerprint density at radius 2 is 1.96 bits per heavy atom. The van der Waals surface area contributed by atoms with Crippen LogP contribution in [0.4, 0.5) is 0 Å². The summed E-state index contributed by atoms with van der Waals surface area (Å²) in [5.41, 5.74) is 3.12. The van der Waals surface area contributed by atoms with Crippen molar-refractivity contribution in [1.82, 2.24) is 15.2 Å². The van der Waals surface area contributed by atoms with Crippen molar-refractivity contribution >= 4 is 5.91 Å². The van der Waals surface area contributed by atoms with Gasteiger partial charge in [-0.2, -0.15) is 0 Å². The van der Waals surface area contributed by atoms with Crippen LogP contribution < -0.4 is 5.32 Å². The molecule has 23 heavy (non-hydrogen) atoms. The number of hydrogen-bond acceptors (Lipinski definition) is 2. The number of benzene rings is 1. The number of amides is 1. The zero-order chi connectivity index (χ0) is 15.7. The number of carbonyl (C=O) groups is 1. The van der Waals surface area contributed by atoms with Crippen molar-refractivity contribution in [3.05, 3.63) is 48.2 Å². The van der Waals surface area contributed by atoms with Crippen LogP contribution in [0.5, 0.6) is 0 Å². The van der Waals surface area contributed by atoms with Crippen LogP contribution in [0.15, 0.2) is 42.5 Å². The average Bonchev–Trinajstić information content (AvgIpc) is 3.25. The quantitative estimate of drug-likeness (QED) is 0.896. The van der Waals surface area contributed by atoms with E-state index in [1.165, 1.54) is 12.8 Å². The molecule has 4 rings (SSSR count). The Bertz CT molecular complexity index is 686. The Labute approximate surface area is 136 Å². The molecule has 4 heteroatoms. The molecule has 1 aromatic heterocycles. The van der Waals surface area contributed by atoms with E-state index >= 15 is 0 Å². The maximum atomic E-state index is 12.9. The van der Waals surface area contributed by atoms with Gasteiger partial charge < -0.3 is 15.2 Å². The van der Waals surface area contributed by atoms with Crippen molar-refractivity contribution in [1.29, 1.82) is 0 Å². The zero-order valence-corrected chi connectivity index (χ0v) is 13.3. The summed E-state index contributed by atoms with van der Waals surface area (Å²) >= 11 is 0. The third kappa shape index (κ3) is 2.79. The Morgan fingerprint density at radius 3 is 2.74 bits per heavy atom. The molecule has 0 saturated carbocycles. The number of nitrogens with zero attached hydrogens (tertiary/aromatic N) is 1. The Morgan fingerprint density at radius 1 is 1.09 bits per heavy atom. The smallest absolute Gasteiger partial charge is 0.270 e. The molecule has 1 amide bonds. The number of aromatic nitrogens is 1. The molecule has 2 N–H and O–H groups in total. The number of piperidine rings is 1. The molecule has 120 valence electrons. The molecule has 2 aliphatic heterocycles. The summed E-state index contributed by atoms with van der Waals surface area (Å²) in [6.45, 7) is 3.90. The van der Waals surface area contributed by atoms with Crippen LogP contribution in [0.3, 0.4) is 0 Å². The molecule has 3 heterocycles. The van der Waals surface area contributed by atoms with Crippen molar-refractivity contribution in [3.8, 4) is 11.3 Å². The van der Waals surface area contributed by atoms with Crippen LogP contribution >= 0.6 is 0 Å². The lowest BCUT2D eigenvalue weighted by atomic mass is 9.79. The number of aromatic amines is 1. The molecule has 4 nitrogen and oxygen atoms in total. The first-order valence-corrected chi connectivity index (χ1v) is 8.50. The van der Waals surface area contributed by atoms with E-state index in [9.17, 15) is 4.79 Å². The molecule has 2 aliphatic rings. The van der Waals surface area contributed by atoms with E-state index in [-0.39, 0.29) is 5.91 Å². The molecular weight excluding hydrogens is 286 g/mol. The van der Waals surface area contributed by atoms with Crippen LogP contribution in [-0.4, -0.2) is 42.0 Å². The van der Waals surface area contributed by atoms with Gasteiger partial charge in [0.05, 0.1) is 0 Å². The molecule has 0 unspecified atom stereocenters. The van der Waals surface area contributed by atoms with Gasteiger partial charge in [0.25, 0.3) is 5.91 Å². The van der Waals surface area contributed by atoms with E-state index in [0.29, 0.717) is 11.1 Å². The first-order valence-electron chi connectivity index (χ1n) is 8.50. The van der Waals surface area contributed by atoms with E-state index < -0.39 is 0 Å². The molecule has 1 aromatic carbocycles. The third-order valence-corrected chi connectivity index (χ3v) is 5.28. The number of hydrogen-bond donors (Lipinski definition) is 2. The van der Waals surface area contributed by atoms with Crippen LogP contribution in [0, 0.1) is 5.41 Å². The highest BCUT2D eigenvalue weighted by Crippen LogP contribution is 2.36. The standard InChI is InChI=1S/C19H23N3O/c23-18(22-12-4-9-19(14-22)10-11-20-13-19)17-8-7-16(21-17)15-5-2-1-3-6-15/h1-3,5-8,20-21H,4,9-14H2/t19-/m0/s1. The highest BCUT2D eigenvalue weighted by atomic mass is 16.2. The zero-order valence-electron chi connectivity index (χ0n) is 13.3. The van der Waals surface area contributed by atoms with Crippen molar-refractivity contribution in [2.45, 2.75) is 19.3 Å². The van der Waals surface area contributed by atoms with E-state index in [0.717, 1.165) is 43.9 Å². The lowest BCUT2D eigenvalue weighted by Gasteiger charge is -2.39. The van der Waals surface area contributed by atoms with Gasteiger partial charge in [0.1, 0.15) is 5.69 Å². The molecule has 0 bridgehead atoms. The lowest BCUT2D eigenvalue weighted by molar-refractivity contribution is 0.0548. The first-order chi connectivity index (χ1) is 11.3. The SMILES string of the molecule is O=C(c1ccc(-c2ccccc2)[nH]1)N1CCC[C@@]2(CCNC2)C1. The van der Waals surface area contributed by atoms with Crippen LogP contribution in [0.2, 0.25) is 0 Å². The van der Waals surface area contributed by atoms with Crippen molar-refractivity contribution in [2.75, 3.05) is 26.2 Å². The van der Waals surface area contributed by atoms with Crippen molar-refractivity contribution in [2.24, 2.45) is 5.41 Å². The second-order valence-corrected chi connectivity index (χ2v) is 6.91. The molecule has 2 fully saturated rings. The maximum absolute atomic E-state index is 12.9. The summed E-state index contributed by atoms with van der Waals surface area (Å²) in [5, 5.41) is 3.46. The molecule has 2 aromatic rings. The normalized spacial score (nSPS) is 24.3. The average molecular weight is 309 g/mol. The van der Waals surface area contributed by atoms with E-state index in [4.69, 9.17) is 0 Å². The minimum atomic E-state index is 0.137. The number of carbonyl (C=O) groups excluding carboxylic acids is 1. The second kappa shape index (κ2) is 5.85. The Kier molecular flexibility index (Phi) is 3.69. The molecule has 1 spiro atoms. The fraction of sp³-hybridized carbons (Fsp3) is 0.421. The summed E-state index contributed by atoms with van der Waals surface area (Å²) in [7, 11) is 0. The first kappa shape index (κ1) is 14.5. The predicted octanol–water partition coefficient (Wildman–Crippen LogP) is 2.90. The highest BCUT2D eigenvalue weighted by Gasteiger charge is 2.39. The van der Waals surface area contributed by atoms with Gasteiger partial charge in [0, 0.05) is 30.7 Å². The molecule has 0 aliphatic carbocycles. The molecular formula is C19H23N3O. The summed E-state index contributed by atoms with van der Waals surface area (Å²) in [4.78, 5) is 18.2. The number of rotatable bonds is 2. The van der Waals surface area contributed by atoms with Gasteiger partial charge in [0.2, 0.25) is 0 Å². The van der Waals surface area contributed by atoms with Gasteiger partial charge in [-0.05, 0) is 43.5 Å². The second-order valence-electron chi connectivity index (χ2n) is 6.91. The van der Waals surface area contributed by atoms with Crippen molar-refractivity contribution < 1.29 is 4.79 Å². The highest BCUT2D eigenvalue weighted by molar-refractivity contribution is 5.93. The number of H-pyrrole nitrogens is 1.